The summed E-state index contributed by atoms with van der Waals surface area (Å²) in [6.45, 7) is 4.87. The predicted molar refractivity (Wildman–Crippen MR) is 441 cm³/mol. The van der Waals surface area contributed by atoms with Gasteiger partial charge in [0.2, 0.25) is 0 Å². The summed E-state index contributed by atoms with van der Waals surface area (Å²) in [6, 6.07) is 0. The van der Waals surface area contributed by atoms with Crippen LogP contribution in [0.4, 0.5) is 0 Å². The second-order valence-corrected chi connectivity index (χ2v) is 33.7. The van der Waals surface area contributed by atoms with Gasteiger partial charge in [-0.15, -0.1) is 0 Å². The molecular formula is C93H183NO8. The lowest BCUT2D eigenvalue weighted by atomic mass is 10.0. The van der Waals surface area contributed by atoms with E-state index in [1.165, 1.54) is 456 Å². The minimum absolute atomic E-state index is 0.154. The van der Waals surface area contributed by atoms with Crippen molar-refractivity contribution >= 4 is 17.9 Å². The fraction of sp³-hybridized carbons (Fsp3) is 0.968. The molecule has 0 amide bonds. The molecule has 0 aliphatic heterocycles. The predicted octanol–water partition coefficient (Wildman–Crippen LogP) is 29.1. The van der Waals surface area contributed by atoms with E-state index in [1.54, 1.807) is 0 Å². The van der Waals surface area contributed by atoms with Crippen molar-refractivity contribution in [1.29, 1.82) is 0 Å². The third-order valence-electron chi connectivity index (χ3n) is 22.1. The summed E-state index contributed by atoms with van der Waals surface area (Å²) >= 11 is 0. The first-order valence-corrected chi connectivity index (χ1v) is 46.7. The smallest absolute Gasteiger partial charge is 0.306 e. The Hall–Kier alpha value is -1.71. The lowest BCUT2D eigenvalue weighted by molar-refractivity contribution is -0.870. The highest BCUT2D eigenvalue weighted by Crippen LogP contribution is 2.22. The normalized spacial score (nSPS) is 12.4. The number of unbranched alkanes of at least 4 members (excludes halogenated alkanes) is 75. The zero-order chi connectivity index (χ0) is 73.9. The molecule has 0 N–H and O–H groups in total. The molecule has 0 radical (unpaired) electrons. The lowest BCUT2D eigenvalue weighted by Gasteiger charge is -2.26. The highest BCUT2D eigenvalue weighted by molar-refractivity contribution is 5.70. The highest BCUT2D eigenvalue weighted by atomic mass is 16.7. The summed E-state index contributed by atoms with van der Waals surface area (Å²) in [5.74, 6) is -2.23. The van der Waals surface area contributed by atoms with Gasteiger partial charge < -0.3 is 33.3 Å². The number of rotatable bonds is 90. The number of hydrogen-bond acceptors (Lipinski definition) is 8. The third-order valence-corrected chi connectivity index (χ3v) is 22.1. The van der Waals surface area contributed by atoms with Crippen LogP contribution >= 0.6 is 0 Å². The van der Waals surface area contributed by atoms with Gasteiger partial charge in [0.05, 0.1) is 40.3 Å². The van der Waals surface area contributed by atoms with Gasteiger partial charge in [0.25, 0.3) is 0 Å². The molecular weight excluding hydrogens is 1260 g/mol. The van der Waals surface area contributed by atoms with Gasteiger partial charge in [-0.1, -0.05) is 495 Å². The molecule has 2 unspecified atom stereocenters. The van der Waals surface area contributed by atoms with Crippen molar-refractivity contribution in [2.75, 3.05) is 47.5 Å². The molecule has 0 aliphatic carbocycles. The third kappa shape index (κ3) is 85.5. The second-order valence-electron chi connectivity index (χ2n) is 33.7. The lowest BCUT2D eigenvalue weighted by Crippen LogP contribution is -2.44. The molecule has 0 bridgehead atoms. The van der Waals surface area contributed by atoms with E-state index in [2.05, 4.69) is 13.8 Å². The van der Waals surface area contributed by atoms with Crippen LogP contribution in [0.2, 0.25) is 0 Å². The van der Waals surface area contributed by atoms with Crippen LogP contribution in [0.5, 0.6) is 0 Å². The van der Waals surface area contributed by atoms with Crippen molar-refractivity contribution in [1.82, 2.24) is 0 Å². The topological polar surface area (TPSA) is 111 Å². The van der Waals surface area contributed by atoms with E-state index in [9.17, 15) is 19.5 Å². The molecule has 9 heteroatoms. The Morgan fingerprint density at radius 2 is 0.441 bits per heavy atom. The van der Waals surface area contributed by atoms with Crippen LogP contribution in [0.25, 0.3) is 0 Å². The Balaban J connectivity index is 3.85. The van der Waals surface area contributed by atoms with Gasteiger partial charge in [-0.05, 0) is 12.8 Å². The van der Waals surface area contributed by atoms with Crippen molar-refractivity contribution in [2.24, 2.45) is 0 Å². The first-order chi connectivity index (χ1) is 50.1. The van der Waals surface area contributed by atoms with Gasteiger partial charge in [-0.2, -0.15) is 0 Å². The fourth-order valence-electron chi connectivity index (χ4n) is 15.0. The quantitative estimate of drug-likeness (QED) is 0.0256. The van der Waals surface area contributed by atoms with Crippen LogP contribution in [0.15, 0.2) is 0 Å². The molecule has 0 aliphatic rings. The molecule has 0 spiro atoms. The van der Waals surface area contributed by atoms with Gasteiger partial charge in [0, 0.05) is 12.8 Å². The molecule has 9 nitrogen and oxygen atoms in total. The Morgan fingerprint density at radius 1 is 0.255 bits per heavy atom. The van der Waals surface area contributed by atoms with E-state index in [0.717, 1.165) is 38.5 Å². The zero-order valence-electron chi connectivity index (χ0n) is 70.1. The Bertz CT molecular complexity index is 1630. The Morgan fingerprint density at radius 3 is 0.627 bits per heavy atom. The number of carbonyl (C=O) groups is 3. The Labute approximate surface area is 638 Å². The standard InChI is InChI=1S/C93H183NO8/c1-6-8-10-12-14-16-18-20-22-24-26-28-30-32-34-36-38-40-42-44-45-46-47-48-50-52-54-56-58-60-62-64-66-68-70-72-74-76-78-80-82-84-91(96)102-89(88-101-93(92(97)98)99-86-85-94(3,4)5)87-100-90(95)83-81-79-77-75-73-71-69-67-65-63-61-59-57-55-53-51-49-43-41-39-37-35-33-31-29-27-25-23-21-19-17-15-13-11-9-7-2/h89,93H,6-88H2,1-5H3. The van der Waals surface area contributed by atoms with Gasteiger partial charge in [-0.25, -0.2) is 0 Å². The van der Waals surface area contributed by atoms with Gasteiger partial charge in [0.15, 0.2) is 12.4 Å². The summed E-state index contributed by atoms with van der Waals surface area (Å²) < 4.78 is 23.0. The maximum Gasteiger partial charge on any atom is 0.306 e. The van der Waals surface area contributed by atoms with Gasteiger partial charge in [-0.3, -0.25) is 9.59 Å². The fourth-order valence-corrected chi connectivity index (χ4v) is 15.0. The van der Waals surface area contributed by atoms with Gasteiger partial charge >= 0.3 is 11.9 Å². The van der Waals surface area contributed by atoms with E-state index in [-0.39, 0.29) is 32.2 Å². The van der Waals surface area contributed by atoms with Crippen LogP contribution in [0, 0.1) is 0 Å². The molecule has 0 aromatic heterocycles. The molecule has 2 atom stereocenters. The average Bonchev–Trinajstić information content (AvgIpc) is 0.999. The molecule has 0 saturated carbocycles. The maximum absolute atomic E-state index is 13.0. The molecule has 608 valence electrons. The van der Waals surface area contributed by atoms with E-state index in [1.807, 2.05) is 21.1 Å². The first kappa shape index (κ1) is 100. The minimum Gasteiger partial charge on any atom is -0.545 e. The minimum atomic E-state index is -1.62. The van der Waals surface area contributed by atoms with Crippen LogP contribution < -0.4 is 5.11 Å². The number of likely N-dealkylation sites (N-methyl/N-ethyl adjacent to an activating group) is 1. The average molecular weight is 1440 g/mol. The molecule has 0 rings (SSSR count). The van der Waals surface area contributed by atoms with E-state index in [4.69, 9.17) is 18.9 Å². The summed E-state index contributed by atoms with van der Waals surface area (Å²) in [5, 5.41) is 11.9. The Kier molecular flexibility index (Phi) is 83.5. The van der Waals surface area contributed by atoms with Gasteiger partial charge in [0.1, 0.15) is 13.2 Å². The summed E-state index contributed by atoms with van der Waals surface area (Å²) in [5.41, 5.74) is 0. The van der Waals surface area contributed by atoms with Crippen LogP contribution in [-0.4, -0.2) is 82.3 Å². The van der Waals surface area contributed by atoms with Crippen LogP contribution in [-0.2, 0) is 33.3 Å². The maximum atomic E-state index is 13.0. The number of hydrogen-bond donors (Lipinski definition) is 0. The highest BCUT2D eigenvalue weighted by Gasteiger charge is 2.22. The van der Waals surface area contributed by atoms with Crippen molar-refractivity contribution in [3.8, 4) is 0 Å². The number of ether oxygens (including phenoxy) is 4. The molecule has 0 heterocycles. The number of aliphatic carboxylic acids is 1. The monoisotopic (exact) mass is 1440 g/mol. The SMILES string of the molecule is CCCCCCCCCCCCCCCCCCCCCCCCCCCCCCCCCCCCCCCCCCCC(=O)OC(COC(=O)CCCCCCCCCCCCCCCCCCCCCCCCCCCCCCCCCCCCCC)COC(OCC[N+](C)(C)C)C(=O)[O-]. The second kappa shape index (κ2) is 84.9. The largest absolute Gasteiger partial charge is 0.545 e. The molecule has 102 heavy (non-hydrogen) atoms. The summed E-state index contributed by atoms with van der Waals surface area (Å²) in [7, 11) is 5.97. The number of carbonyl (C=O) groups excluding carboxylic acids is 3. The molecule has 0 aromatic carbocycles. The first-order valence-electron chi connectivity index (χ1n) is 46.7. The number of carboxylic acid groups (broad SMARTS) is 1. The van der Waals surface area contributed by atoms with E-state index < -0.39 is 24.3 Å². The number of nitrogens with zero attached hydrogens (tertiary/aromatic N) is 1. The number of esters is 2. The number of quaternary nitrogens is 1. The number of carboxylic acids is 1. The van der Waals surface area contributed by atoms with Crippen molar-refractivity contribution in [3.05, 3.63) is 0 Å². The van der Waals surface area contributed by atoms with E-state index in [0.29, 0.717) is 17.4 Å². The zero-order valence-corrected chi connectivity index (χ0v) is 70.1. The van der Waals surface area contributed by atoms with Crippen molar-refractivity contribution in [3.63, 3.8) is 0 Å². The summed E-state index contributed by atoms with van der Waals surface area (Å²) in [6.07, 6.45) is 105. The molecule has 0 saturated heterocycles. The molecule has 0 fully saturated rings. The van der Waals surface area contributed by atoms with Crippen LogP contribution in [0.1, 0.15) is 521 Å². The van der Waals surface area contributed by atoms with E-state index >= 15 is 0 Å². The van der Waals surface area contributed by atoms with Crippen LogP contribution in [0.3, 0.4) is 0 Å². The van der Waals surface area contributed by atoms with Crippen molar-refractivity contribution in [2.45, 2.75) is 533 Å². The van der Waals surface area contributed by atoms with Crippen molar-refractivity contribution < 1.29 is 42.9 Å². The molecule has 0 aromatic rings. The summed E-state index contributed by atoms with van der Waals surface area (Å²) in [4.78, 5) is 37.7.